The Labute approximate surface area is 109 Å². The molecule has 1 aliphatic carbocycles. The number of thiazole rings is 1. The molecular weight excluding hydrogens is 228 g/mol. The van der Waals surface area contributed by atoms with Crippen molar-refractivity contribution in [2.45, 2.75) is 64.8 Å². The van der Waals surface area contributed by atoms with E-state index in [1.165, 1.54) is 36.4 Å². The zero-order valence-corrected chi connectivity index (χ0v) is 12.1. The van der Waals surface area contributed by atoms with Gasteiger partial charge in [-0.1, -0.05) is 20.8 Å². The number of fused-ring (bicyclic) bond motifs is 1. The van der Waals surface area contributed by atoms with Crippen molar-refractivity contribution in [3.8, 4) is 0 Å². The van der Waals surface area contributed by atoms with Gasteiger partial charge in [0.15, 0.2) is 0 Å². The van der Waals surface area contributed by atoms with E-state index >= 15 is 0 Å². The minimum absolute atomic E-state index is 0.130. The van der Waals surface area contributed by atoms with Crippen LogP contribution in [0.25, 0.3) is 0 Å². The van der Waals surface area contributed by atoms with Gasteiger partial charge in [0.1, 0.15) is 5.01 Å². The Kier molecular flexibility index (Phi) is 4.21. The smallest absolute Gasteiger partial charge is 0.113 e. The molecule has 0 amide bonds. The molecule has 0 saturated heterocycles. The summed E-state index contributed by atoms with van der Waals surface area (Å²) in [5.74, 6) is 0. The third-order valence-corrected chi connectivity index (χ3v) is 5.29. The fourth-order valence-electron chi connectivity index (χ4n) is 2.64. The summed E-state index contributed by atoms with van der Waals surface area (Å²) in [6, 6.07) is 0. The summed E-state index contributed by atoms with van der Waals surface area (Å²) in [5, 5.41) is 5.07. The predicted octanol–water partition coefficient (Wildman–Crippen LogP) is 3.65. The fraction of sp³-hybridized carbons (Fsp3) is 0.786. The van der Waals surface area contributed by atoms with Gasteiger partial charge in [-0.2, -0.15) is 0 Å². The van der Waals surface area contributed by atoms with Gasteiger partial charge in [0, 0.05) is 4.88 Å². The van der Waals surface area contributed by atoms with Gasteiger partial charge in [-0.15, -0.1) is 11.3 Å². The topological polar surface area (TPSA) is 24.9 Å². The number of rotatable bonds is 6. The van der Waals surface area contributed by atoms with E-state index in [0.29, 0.717) is 0 Å². The first-order valence-electron chi connectivity index (χ1n) is 6.99. The molecule has 0 fully saturated rings. The zero-order chi connectivity index (χ0) is 12.3. The Morgan fingerprint density at radius 2 is 2.00 bits per heavy atom. The van der Waals surface area contributed by atoms with Crippen molar-refractivity contribution < 1.29 is 0 Å². The molecule has 0 saturated carbocycles. The predicted molar refractivity (Wildman–Crippen MR) is 74.7 cm³/mol. The van der Waals surface area contributed by atoms with Gasteiger partial charge in [-0.25, -0.2) is 4.98 Å². The molecule has 0 aliphatic heterocycles. The average Bonchev–Trinajstić information content (AvgIpc) is 2.92. The molecule has 1 heterocycles. The standard InChI is InChI=1S/C14H24N2S/c1-4-10-15-14(5-2,6-3)13-16-11-8-7-9-12(11)17-13/h15H,4-10H2,1-3H3. The van der Waals surface area contributed by atoms with Crippen molar-refractivity contribution in [1.29, 1.82) is 0 Å². The Bertz CT molecular complexity index is 345. The van der Waals surface area contributed by atoms with Gasteiger partial charge in [-0.3, -0.25) is 0 Å². The quantitative estimate of drug-likeness (QED) is 0.836. The number of aryl methyl sites for hydroxylation is 2. The van der Waals surface area contributed by atoms with Crippen LogP contribution in [0.5, 0.6) is 0 Å². The van der Waals surface area contributed by atoms with Crippen LogP contribution >= 0.6 is 11.3 Å². The summed E-state index contributed by atoms with van der Waals surface area (Å²) >= 11 is 1.95. The number of nitrogens with one attached hydrogen (secondary N) is 1. The third kappa shape index (κ3) is 2.41. The van der Waals surface area contributed by atoms with E-state index in [4.69, 9.17) is 4.98 Å². The Hall–Kier alpha value is -0.410. The lowest BCUT2D eigenvalue weighted by Crippen LogP contribution is -2.41. The molecule has 0 radical (unpaired) electrons. The van der Waals surface area contributed by atoms with Crippen molar-refractivity contribution in [2.75, 3.05) is 6.54 Å². The second kappa shape index (κ2) is 5.49. The molecule has 0 unspecified atom stereocenters. The maximum Gasteiger partial charge on any atom is 0.113 e. The van der Waals surface area contributed by atoms with Gasteiger partial charge >= 0.3 is 0 Å². The Morgan fingerprint density at radius 1 is 1.24 bits per heavy atom. The molecule has 1 aromatic heterocycles. The highest BCUT2D eigenvalue weighted by atomic mass is 32.1. The lowest BCUT2D eigenvalue weighted by Gasteiger charge is -2.31. The molecule has 0 atom stereocenters. The highest BCUT2D eigenvalue weighted by molar-refractivity contribution is 7.12. The molecule has 0 aromatic carbocycles. The normalized spacial score (nSPS) is 15.2. The molecule has 2 rings (SSSR count). The van der Waals surface area contributed by atoms with Crippen molar-refractivity contribution in [1.82, 2.24) is 10.3 Å². The first kappa shape index (κ1) is 13.0. The highest BCUT2D eigenvalue weighted by Crippen LogP contribution is 2.36. The van der Waals surface area contributed by atoms with Crippen LogP contribution in [0.4, 0.5) is 0 Å². The fourth-order valence-corrected chi connectivity index (χ4v) is 4.09. The highest BCUT2D eigenvalue weighted by Gasteiger charge is 2.32. The molecule has 1 aliphatic rings. The molecule has 1 N–H and O–H groups in total. The number of aromatic nitrogens is 1. The summed E-state index contributed by atoms with van der Waals surface area (Å²) in [5.41, 5.74) is 1.51. The summed E-state index contributed by atoms with van der Waals surface area (Å²) in [6.07, 6.45) is 7.22. The first-order chi connectivity index (χ1) is 8.25. The third-order valence-electron chi connectivity index (χ3n) is 3.93. The number of nitrogens with zero attached hydrogens (tertiary/aromatic N) is 1. The van der Waals surface area contributed by atoms with Crippen LogP contribution in [-0.4, -0.2) is 11.5 Å². The van der Waals surface area contributed by atoms with Crippen LogP contribution in [0.3, 0.4) is 0 Å². The van der Waals surface area contributed by atoms with Crippen molar-refractivity contribution in [3.05, 3.63) is 15.6 Å². The maximum atomic E-state index is 4.91. The van der Waals surface area contributed by atoms with E-state index in [2.05, 4.69) is 26.1 Å². The van der Waals surface area contributed by atoms with Crippen LogP contribution in [-0.2, 0) is 18.4 Å². The summed E-state index contributed by atoms with van der Waals surface area (Å²) < 4.78 is 0. The number of hydrogen-bond acceptors (Lipinski definition) is 3. The summed E-state index contributed by atoms with van der Waals surface area (Å²) in [7, 11) is 0. The van der Waals surface area contributed by atoms with E-state index in [9.17, 15) is 0 Å². The zero-order valence-electron chi connectivity index (χ0n) is 11.3. The first-order valence-corrected chi connectivity index (χ1v) is 7.81. The number of hydrogen-bond donors (Lipinski definition) is 1. The molecular formula is C14H24N2S. The van der Waals surface area contributed by atoms with Crippen LogP contribution in [0.2, 0.25) is 0 Å². The lowest BCUT2D eigenvalue weighted by atomic mass is 9.93. The van der Waals surface area contributed by atoms with Crippen molar-refractivity contribution >= 4 is 11.3 Å². The summed E-state index contributed by atoms with van der Waals surface area (Å²) in [4.78, 5) is 6.46. The van der Waals surface area contributed by atoms with Crippen LogP contribution < -0.4 is 5.32 Å². The van der Waals surface area contributed by atoms with E-state index in [-0.39, 0.29) is 5.54 Å². The van der Waals surface area contributed by atoms with Crippen molar-refractivity contribution in [3.63, 3.8) is 0 Å². The van der Waals surface area contributed by atoms with Gasteiger partial charge in [0.05, 0.1) is 11.2 Å². The van der Waals surface area contributed by atoms with Crippen LogP contribution in [0.15, 0.2) is 0 Å². The van der Waals surface area contributed by atoms with Gasteiger partial charge in [0.2, 0.25) is 0 Å². The van der Waals surface area contributed by atoms with Crippen LogP contribution in [0, 0.1) is 0 Å². The van der Waals surface area contributed by atoms with Crippen molar-refractivity contribution in [2.24, 2.45) is 0 Å². The maximum absolute atomic E-state index is 4.91. The molecule has 0 bridgehead atoms. The summed E-state index contributed by atoms with van der Waals surface area (Å²) in [6.45, 7) is 7.87. The molecule has 96 valence electrons. The minimum atomic E-state index is 0.130. The van der Waals surface area contributed by atoms with Gasteiger partial charge in [0.25, 0.3) is 0 Å². The van der Waals surface area contributed by atoms with E-state index in [0.717, 1.165) is 19.4 Å². The Balaban J connectivity index is 2.24. The largest absolute Gasteiger partial charge is 0.305 e. The molecule has 3 heteroatoms. The molecule has 2 nitrogen and oxygen atoms in total. The monoisotopic (exact) mass is 252 g/mol. The molecule has 0 spiro atoms. The van der Waals surface area contributed by atoms with Gasteiger partial charge < -0.3 is 5.32 Å². The second-order valence-corrected chi connectivity index (χ2v) is 6.04. The van der Waals surface area contributed by atoms with Crippen LogP contribution in [0.1, 0.15) is 62.0 Å². The van der Waals surface area contributed by atoms with E-state index in [1.54, 1.807) is 4.88 Å². The molecule has 17 heavy (non-hydrogen) atoms. The van der Waals surface area contributed by atoms with E-state index in [1.807, 2.05) is 11.3 Å². The van der Waals surface area contributed by atoms with Gasteiger partial charge in [-0.05, 0) is 45.1 Å². The SMILES string of the molecule is CCCNC(CC)(CC)c1nc2c(s1)CCC2. The van der Waals surface area contributed by atoms with E-state index < -0.39 is 0 Å². The Morgan fingerprint density at radius 3 is 2.59 bits per heavy atom. The minimum Gasteiger partial charge on any atom is -0.305 e. The lowest BCUT2D eigenvalue weighted by molar-refractivity contribution is 0.307. The second-order valence-electron chi connectivity index (χ2n) is 4.96. The molecule has 1 aromatic rings. The average molecular weight is 252 g/mol.